The minimum absolute atomic E-state index is 0.00363. The van der Waals surface area contributed by atoms with Crippen molar-refractivity contribution in [3.05, 3.63) is 70.6 Å². The quantitative estimate of drug-likeness (QED) is 0.206. The van der Waals surface area contributed by atoms with E-state index in [0.717, 1.165) is 47.2 Å². The van der Waals surface area contributed by atoms with Gasteiger partial charge in [-0.3, -0.25) is 19.0 Å². The summed E-state index contributed by atoms with van der Waals surface area (Å²) in [5.74, 6) is 3.62. The Labute approximate surface area is 290 Å². The first-order chi connectivity index (χ1) is 24.2. The van der Waals surface area contributed by atoms with E-state index in [9.17, 15) is 14.4 Å². The number of carbonyl (C=O) groups excluding carboxylic acids is 2. The molecule has 10 rings (SSSR count). The highest BCUT2D eigenvalue weighted by Gasteiger charge is 2.52. The van der Waals surface area contributed by atoms with Crippen molar-refractivity contribution < 1.29 is 14.3 Å². The SMILES string of the molecule is COc1cc(N2CC(C(=O)NC34CC5CC(CC(C5)C3)C4)C2)ccc1Nc1ncc2c(C)cc(=O)n(-c3cccc(NC(=O)C4CC4)c3)c2n1. The summed E-state index contributed by atoms with van der Waals surface area (Å²) in [6, 6.07) is 14.7. The number of anilines is 4. The Bertz CT molecular complexity index is 2050. The number of amides is 2. The summed E-state index contributed by atoms with van der Waals surface area (Å²) in [6.07, 6.45) is 11.1. The summed E-state index contributed by atoms with van der Waals surface area (Å²) in [6.45, 7) is 3.24. The van der Waals surface area contributed by atoms with Crippen LogP contribution in [-0.4, -0.2) is 52.1 Å². The average molecular weight is 674 g/mol. The van der Waals surface area contributed by atoms with Crippen LogP contribution in [0.5, 0.6) is 5.75 Å². The van der Waals surface area contributed by atoms with Crippen LogP contribution in [0.4, 0.5) is 23.0 Å². The van der Waals surface area contributed by atoms with Crippen LogP contribution in [0.15, 0.2) is 59.5 Å². The molecule has 6 aliphatic rings. The molecular weight excluding hydrogens is 630 g/mol. The topological polar surface area (TPSA) is 130 Å². The minimum Gasteiger partial charge on any atom is -0.494 e. The van der Waals surface area contributed by atoms with Crippen LogP contribution in [-0.2, 0) is 9.59 Å². The molecule has 2 amide bonds. The van der Waals surface area contributed by atoms with Crippen molar-refractivity contribution in [2.24, 2.45) is 29.6 Å². The molecule has 6 fully saturated rings. The molecule has 2 aromatic heterocycles. The Morgan fingerprint density at radius 2 is 1.64 bits per heavy atom. The predicted molar refractivity (Wildman–Crippen MR) is 192 cm³/mol. The maximum atomic E-state index is 13.4. The summed E-state index contributed by atoms with van der Waals surface area (Å²) in [5, 5.41) is 10.6. The maximum Gasteiger partial charge on any atom is 0.257 e. The number of benzene rings is 2. The Hall–Kier alpha value is -4.93. The number of aryl methyl sites for hydroxylation is 1. The number of pyridine rings is 1. The molecule has 258 valence electrons. The number of nitrogens with one attached hydrogen (secondary N) is 3. The van der Waals surface area contributed by atoms with E-state index >= 15 is 0 Å². The molecular formula is C39H43N7O4. The first-order valence-electron chi connectivity index (χ1n) is 18.1. The van der Waals surface area contributed by atoms with E-state index in [1.807, 2.05) is 43.3 Å². The molecule has 11 heteroatoms. The molecule has 0 spiro atoms. The van der Waals surface area contributed by atoms with Gasteiger partial charge in [-0.1, -0.05) is 6.07 Å². The second kappa shape index (κ2) is 11.8. The fourth-order valence-corrected chi connectivity index (χ4v) is 9.46. The summed E-state index contributed by atoms with van der Waals surface area (Å²) < 4.78 is 7.32. The van der Waals surface area contributed by atoms with Crippen molar-refractivity contribution in [2.45, 2.75) is 63.8 Å². The van der Waals surface area contributed by atoms with Gasteiger partial charge < -0.3 is 25.6 Å². The number of rotatable bonds is 9. The van der Waals surface area contributed by atoms with Crippen LogP contribution >= 0.6 is 0 Å². The van der Waals surface area contributed by atoms with E-state index in [1.165, 1.54) is 38.5 Å². The molecule has 0 radical (unpaired) electrons. The summed E-state index contributed by atoms with van der Waals surface area (Å²) in [5.41, 5.74) is 3.93. The van der Waals surface area contributed by atoms with Gasteiger partial charge in [-0.15, -0.1) is 0 Å². The average Bonchev–Trinajstić information content (AvgIpc) is 3.90. The number of ether oxygens (including phenoxy) is 1. The second-order valence-electron chi connectivity index (χ2n) is 15.5. The van der Waals surface area contributed by atoms with Crippen LogP contribution in [0.2, 0.25) is 0 Å². The molecule has 4 aromatic rings. The molecule has 4 bridgehead atoms. The second-order valence-corrected chi connectivity index (χ2v) is 15.5. The zero-order valence-electron chi connectivity index (χ0n) is 28.6. The highest BCUT2D eigenvalue weighted by atomic mass is 16.5. The Balaban J connectivity index is 0.913. The Morgan fingerprint density at radius 1 is 0.900 bits per heavy atom. The zero-order valence-corrected chi connectivity index (χ0v) is 28.6. The van der Waals surface area contributed by atoms with Crippen LogP contribution < -0.4 is 31.1 Å². The van der Waals surface area contributed by atoms with Gasteiger partial charge in [0.2, 0.25) is 17.8 Å². The molecule has 1 aliphatic heterocycles. The number of aromatic nitrogens is 3. The molecule has 1 saturated heterocycles. The molecule has 2 aromatic carbocycles. The van der Waals surface area contributed by atoms with E-state index in [4.69, 9.17) is 9.72 Å². The van der Waals surface area contributed by atoms with Gasteiger partial charge in [-0.05, 0) is 112 Å². The summed E-state index contributed by atoms with van der Waals surface area (Å²) >= 11 is 0. The maximum absolute atomic E-state index is 13.4. The molecule has 3 N–H and O–H groups in total. The van der Waals surface area contributed by atoms with Gasteiger partial charge in [0.15, 0.2) is 5.65 Å². The molecule has 50 heavy (non-hydrogen) atoms. The van der Waals surface area contributed by atoms with Crippen molar-refractivity contribution >= 4 is 45.9 Å². The molecule has 5 aliphatic carbocycles. The fraction of sp³-hybridized carbons (Fsp3) is 0.462. The van der Waals surface area contributed by atoms with Crippen molar-refractivity contribution in [1.82, 2.24) is 19.9 Å². The fourth-order valence-electron chi connectivity index (χ4n) is 9.46. The first kappa shape index (κ1) is 31.1. The van der Waals surface area contributed by atoms with E-state index in [-0.39, 0.29) is 34.7 Å². The number of nitrogens with zero attached hydrogens (tertiary/aromatic N) is 4. The van der Waals surface area contributed by atoms with Crippen LogP contribution in [0, 0.1) is 36.5 Å². The Morgan fingerprint density at radius 3 is 2.34 bits per heavy atom. The lowest BCUT2D eigenvalue weighted by Gasteiger charge is -2.57. The number of methoxy groups -OCH3 is 1. The van der Waals surface area contributed by atoms with E-state index in [0.29, 0.717) is 47.5 Å². The smallest absolute Gasteiger partial charge is 0.257 e. The van der Waals surface area contributed by atoms with Crippen molar-refractivity contribution in [2.75, 3.05) is 35.7 Å². The number of hydrogen-bond acceptors (Lipinski definition) is 8. The van der Waals surface area contributed by atoms with E-state index in [1.54, 1.807) is 30.0 Å². The highest BCUT2D eigenvalue weighted by Crippen LogP contribution is 2.55. The van der Waals surface area contributed by atoms with Gasteiger partial charge in [0.25, 0.3) is 5.56 Å². The van der Waals surface area contributed by atoms with Crippen molar-refractivity contribution in [3.63, 3.8) is 0 Å². The van der Waals surface area contributed by atoms with Gasteiger partial charge in [-0.2, -0.15) is 4.98 Å². The third kappa shape index (κ3) is 5.66. The normalized spacial score (nSPS) is 25.3. The van der Waals surface area contributed by atoms with Gasteiger partial charge in [-0.25, -0.2) is 4.98 Å². The van der Waals surface area contributed by atoms with Crippen LogP contribution in [0.1, 0.15) is 56.9 Å². The lowest BCUT2D eigenvalue weighted by molar-refractivity contribution is -0.131. The molecule has 3 heterocycles. The number of hydrogen-bond donors (Lipinski definition) is 3. The number of fused-ring (bicyclic) bond motifs is 1. The van der Waals surface area contributed by atoms with Gasteiger partial charge >= 0.3 is 0 Å². The van der Waals surface area contributed by atoms with Gasteiger partial charge in [0.05, 0.1) is 24.4 Å². The summed E-state index contributed by atoms with van der Waals surface area (Å²) in [4.78, 5) is 50.8. The van der Waals surface area contributed by atoms with Crippen molar-refractivity contribution in [3.8, 4) is 11.4 Å². The van der Waals surface area contributed by atoms with Gasteiger partial charge in [0.1, 0.15) is 5.75 Å². The lowest BCUT2D eigenvalue weighted by Crippen LogP contribution is -2.63. The zero-order chi connectivity index (χ0) is 34.1. The first-order valence-corrected chi connectivity index (χ1v) is 18.1. The largest absolute Gasteiger partial charge is 0.494 e. The predicted octanol–water partition coefficient (Wildman–Crippen LogP) is 5.71. The molecule has 5 saturated carbocycles. The van der Waals surface area contributed by atoms with Crippen LogP contribution in [0.3, 0.4) is 0 Å². The van der Waals surface area contributed by atoms with Crippen LogP contribution in [0.25, 0.3) is 16.7 Å². The number of carbonyl (C=O) groups is 2. The lowest BCUT2D eigenvalue weighted by atomic mass is 9.53. The van der Waals surface area contributed by atoms with E-state index in [2.05, 4.69) is 25.8 Å². The van der Waals surface area contributed by atoms with Gasteiger partial charge in [0, 0.05) is 59.6 Å². The molecule has 11 nitrogen and oxygen atoms in total. The molecule has 0 atom stereocenters. The highest BCUT2D eigenvalue weighted by molar-refractivity contribution is 5.94. The minimum atomic E-state index is -0.230. The standard InChI is InChI=1S/C39H43N7O4/c1-22-10-34(47)46(30-5-3-4-28(14-30)41-36(48)26-6-7-26)35-31(22)19-40-38(43-35)42-32-9-8-29(15-33(32)50-2)45-20-27(21-45)37(49)44-39-16-23-11-24(17-39)13-25(12-23)18-39/h3-5,8-10,14-15,19,23-27H,6-7,11-13,16-18,20-21H2,1-2H3,(H,41,48)(H,44,49)(H,40,42,43). The van der Waals surface area contributed by atoms with E-state index < -0.39 is 0 Å². The molecule has 0 unspecified atom stereocenters. The third-order valence-electron chi connectivity index (χ3n) is 11.8. The summed E-state index contributed by atoms with van der Waals surface area (Å²) in [7, 11) is 1.62. The monoisotopic (exact) mass is 673 g/mol. The van der Waals surface area contributed by atoms with Crippen molar-refractivity contribution in [1.29, 1.82) is 0 Å². The third-order valence-corrected chi connectivity index (χ3v) is 11.8. The Kier molecular flexibility index (Phi) is 7.36.